The second-order valence-electron chi connectivity index (χ2n) is 10.1. The van der Waals surface area contributed by atoms with E-state index < -0.39 is 5.91 Å². The number of aromatic nitrogens is 4. The van der Waals surface area contributed by atoms with Gasteiger partial charge in [0.2, 0.25) is 5.82 Å². The summed E-state index contributed by atoms with van der Waals surface area (Å²) >= 11 is 0. The number of hydrogen-bond donors (Lipinski definition) is 1. The maximum atomic E-state index is 11.9. The van der Waals surface area contributed by atoms with Crippen molar-refractivity contribution < 1.29 is 4.79 Å². The van der Waals surface area contributed by atoms with Crippen molar-refractivity contribution in [3.8, 4) is 28.5 Å². The third-order valence-electron chi connectivity index (χ3n) is 7.41. The second kappa shape index (κ2) is 11.1. The Morgan fingerprint density at radius 1 is 0.927 bits per heavy atom. The maximum Gasteiger partial charge on any atom is 0.267 e. The summed E-state index contributed by atoms with van der Waals surface area (Å²) < 4.78 is 0. The van der Waals surface area contributed by atoms with E-state index in [1.54, 1.807) is 12.3 Å². The van der Waals surface area contributed by atoms with Crippen LogP contribution in [0.4, 0.5) is 5.82 Å². The molecule has 4 heterocycles. The molecule has 2 aromatic carbocycles. The van der Waals surface area contributed by atoms with Crippen molar-refractivity contribution in [3.63, 3.8) is 0 Å². The predicted molar refractivity (Wildman–Crippen MR) is 158 cm³/mol. The van der Waals surface area contributed by atoms with Crippen LogP contribution in [0, 0.1) is 18.3 Å². The second-order valence-corrected chi connectivity index (χ2v) is 10.1. The van der Waals surface area contributed by atoms with Crippen LogP contribution in [0.3, 0.4) is 0 Å². The van der Waals surface area contributed by atoms with Crippen LogP contribution < -0.4 is 10.6 Å². The van der Waals surface area contributed by atoms with E-state index in [0.717, 1.165) is 66.3 Å². The van der Waals surface area contributed by atoms with Crippen molar-refractivity contribution in [2.24, 2.45) is 5.73 Å². The van der Waals surface area contributed by atoms with E-state index in [0.29, 0.717) is 11.2 Å². The quantitative estimate of drug-likeness (QED) is 0.337. The van der Waals surface area contributed by atoms with Gasteiger partial charge in [0.1, 0.15) is 17.6 Å². The number of primary amides is 1. The molecular weight excluding hydrogens is 512 g/mol. The number of amides is 1. The number of carbonyl (C=O) groups is 1. The molecule has 0 aliphatic carbocycles. The lowest BCUT2D eigenvalue weighted by Gasteiger charge is -2.35. The number of aryl methyl sites for hydroxylation is 1. The summed E-state index contributed by atoms with van der Waals surface area (Å²) in [5.74, 6) is 0.424. The smallest absolute Gasteiger partial charge is 0.267 e. The first-order valence-corrected chi connectivity index (χ1v) is 13.5. The highest BCUT2D eigenvalue weighted by molar-refractivity contribution is 5.98. The molecule has 1 aliphatic rings. The number of hydrogen-bond acceptors (Lipinski definition) is 8. The number of nitriles is 1. The van der Waals surface area contributed by atoms with Gasteiger partial charge in [-0.25, -0.2) is 19.9 Å². The van der Waals surface area contributed by atoms with Gasteiger partial charge in [-0.05, 0) is 36.2 Å². The standard InChI is InChI=1S/C32H28N8O/c1-21-25-17-26(23-5-3-2-4-6-23)31(37-27(25)18-28(36-21)32(34)41)24-9-7-22(8-10-24)20-39-13-15-40(16-14-39)30-11-12-35-29(19-33)38-30/h2-12,17-18H,13-16,20H2,1H3,(H2,34,41). The third kappa shape index (κ3) is 5.46. The largest absolute Gasteiger partial charge is 0.364 e. The normalized spacial score (nSPS) is 13.7. The van der Waals surface area contributed by atoms with Crippen molar-refractivity contribution in [2.45, 2.75) is 13.5 Å². The Kier molecular flexibility index (Phi) is 7.06. The summed E-state index contributed by atoms with van der Waals surface area (Å²) in [6.45, 7) is 6.18. The summed E-state index contributed by atoms with van der Waals surface area (Å²) in [7, 11) is 0. The first kappa shape index (κ1) is 26.0. The highest BCUT2D eigenvalue weighted by Gasteiger charge is 2.19. The van der Waals surface area contributed by atoms with Crippen LogP contribution in [-0.4, -0.2) is 56.9 Å². The molecule has 202 valence electrons. The maximum absolute atomic E-state index is 11.9. The minimum Gasteiger partial charge on any atom is -0.364 e. The van der Waals surface area contributed by atoms with Gasteiger partial charge in [0.05, 0.1) is 11.2 Å². The van der Waals surface area contributed by atoms with E-state index in [9.17, 15) is 4.79 Å². The lowest BCUT2D eigenvalue weighted by Crippen LogP contribution is -2.46. The molecule has 9 nitrogen and oxygen atoms in total. The lowest BCUT2D eigenvalue weighted by molar-refractivity contribution is 0.0995. The highest BCUT2D eigenvalue weighted by Crippen LogP contribution is 2.34. The van der Waals surface area contributed by atoms with E-state index in [-0.39, 0.29) is 11.5 Å². The molecule has 0 unspecified atom stereocenters. The molecule has 0 bridgehead atoms. The molecule has 6 rings (SSSR count). The van der Waals surface area contributed by atoms with E-state index in [1.807, 2.05) is 37.3 Å². The van der Waals surface area contributed by atoms with E-state index >= 15 is 0 Å². The van der Waals surface area contributed by atoms with Crippen molar-refractivity contribution in [1.29, 1.82) is 5.26 Å². The molecule has 5 aromatic rings. The van der Waals surface area contributed by atoms with Gasteiger partial charge in [0, 0.05) is 61.1 Å². The zero-order chi connectivity index (χ0) is 28.3. The number of piperazine rings is 1. The number of nitrogens with zero attached hydrogens (tertiary/aromatic N) is 7. The predicted octanol–water partition coefficient (Wildman–Crippen LogP) is 4.36. The average molecular weight is 541 g/mol. The van der Waals surface area contributed by atoms with Crippen LogP contribution >= 0.6 is 0 Å². The highest BCUT2D eigenvalue weighted by atomic mass is 16.1. The van der Waals surface area contributed by atoms with Crippen molar-refractivity contribution in [2.75, 3.05) is 31.1 Å². The molecule has 2 N–H and O–H groups in total. The number of pyridine rings is 2. The van der Waals surface area contributed by atoms with Crippen LogP contribution in [0.1, 0.15) is 27.6 Å². The van der Waals surface area contributed by atoms with E-state index in [4.69, 9.17) is 16.0 Å². The fraction of sp³-hybridized carbons (Fsp3) is 0.188. The van der Waals surface area contributed by atoms with Crippen molar-refractivity contribution in [3.05, 3.63) is 102 Å². The first-order valence-electron chi connectivity index (χ1n) is 13.5. The molecule has 1 amide bonds. The summed E-state index contributed by atoms with van der Waals surface area (Å²) in [5.41, 5.74) is 12.3. The molecule has 3 aromatic heterocycles. The lowest BCUT2D eigenvalue weighted by atomic mass is 9.96. The zero-order valence-electron chi connectivity index (χ0n) is 22.7. The summed E-state index contributed by atoms with van der Waals surface area (Å²) in [6, 6.07) is 26.3. The van der Waals surface area contributed by atoms with Gasteiger partial charge < -0.3 is 10.6 Å². The Hall–Kier alpha value is -5.20. The van der Waals surface area contributed by atoms with Gasteiger partial charge in [0.15, 0.2) is 0 Å². The summed E-state index contributed by atoms with van der Waals surface area (Å²) in [6.07, 6.45) is 1.64. The minimum atomic E-state index is -0.570. The van der Waals surface area contributed by atoms with E-state index in [1.165, 1.54) is 5.56 Å². The van der Waals surface area contributed by atoms with Gasteiger partial charge in [-0.15, -0.1) is 0 Å². The monoisotopic (exact) mass is 540 g/mol. The van der Waals surface area contributed by atoms with Crippen LogP contribution in [0.5, 0.6) is 0 Å². The summed E-state index contributed by atoms with van der Waals surface area (Å²) in [4.78, 5) is 34.2. The molecule has 0 atom stereocenters. The SMILES string of the molecule is Cc1nc(C(N)=O)cc2nc(-c3ccc(CN4CCN(c5ccnc(C#N)n5)CC4)cc3)c(-c3ccccc3)cc12. The van der Waals surface area contributed by atoms with Gasteiger partial charge >= 0.3 is 0 Å². The Labute approximate surface area is 237 Å². The number of anilines is 1. The fourth-order valence-electron chi connectivity index (χ4n) is 5.25. The number of fused-ring (bicyclic) bond motifs is 1. The van der Waals surface area contributed by atoms with Gasteiger partial charge in [0.25, 0.3) is 5.91 Å². The van der Waals surface area contributed by atoms with Crippen LogP contribution in [0.15, 0.2) is 79.0 Å². The zero-order valence-corrected chi connectivity index (χ0v) is 22.7. The number of benzene rings is 2. The molecule has 0 radical (unpaired) electrons. The number of carbonyl (C=O) groups excluding carboxylic acids is 1. The molecule has 1 saturated heterocycles. The molecule has 0 spiro atoms. The molecular formula is C32H28N8O. The number of nitrogens with two attached hydrogens (primary N) is 1. The van der Waals surface area contributed by atoms with Gasteiger partial charge in [-0.1, -0.05) is 54.6 Å². The third-order valence-corrected chi connectivity index (χ3v) is 7.41. The van der Waals surface area contributed by atoms with Crippen LogP contribution in [0.2, 0.25) is 0 Å². The molecule has 0 saturated carbocycles. The van der Waals surface area contributed by atoms with Gasteiger partial charge in [-0.2, -0.15) is 5.26 Å². The molecule has 1 fully saturated rings. The summed E-state index contributed by atoms with van der Waals surface area (Å²) in [5, 5.41) is 9.98. The Morgan fingerprint density at radius 2 is 1.68 bits per heavy atom. The molecule has 1 aliphatic heterocycles. The minimum absolute atomic E-state index is 0.196. The average Bonchev–Trinajstić information content (AvgIpc) is 3.01. The Bertz CT molecular complexity index is 1770. The fourth-order valence-corrected chi connectivity index (χ4v) is 5.25. The van der Waals surface area contributed by atoms with E-state index in [2.05, 4.69) is 67.2 Å². The number of rotatable bonds is 6. The Balaban J connectivity index is 1.25. The molecule has 9 heteroatoms. The van der Waals surface area contributed by atoms with Crippen LogP contribution in [-0.2, 0) is 6.54 Å². The van der Waals surface area contributed by atoms with Crippen molar-refractivity contribution >= 4 is 22.6 Å². The topological polar surface area (TPSA) is 125 Å². The van der Waals surface area contributed by atoms with Gasteiger partial charge in [-0.3, -0.25) is 9.69 Å². The van der Waals surface area contributed by atoms with Crippen molar-refractivity contribution in [1.82, 2.24) is 24.8 Å². The Morgan fingerprint density at radius 3 is 2.39 bits per heavy atom. The molecule has 41 heavy (non-hydrogen) atoms. The first-order chi connectivity index (χ1) is 20.0. The van der Waals surface area contributed by atoms with Crippen LogP contribution in [0.25, 0.3) is 33.3 Å².